The first-order valence-electron chi connectivity index (χ1n) is 8.62. The summed E-state index contributed by atoms with van der Waals surface area (Å²) in [5, 5.41) is 2.93. The Morgan fingerprint density at radius 1 is 1.19 bits per heavy atom. The summed E-state index contributed by atoms with van der Waals surface area (Å²) in [6, 6.07) is -0.392. The number of hydrogen-bond donors (Lipinski definition) is 1. The van der Waals surface area contributed by atoms with Crippen LogP contribution in [0.2, 0.25) is 0 Å². The fraction of sp³-hybridized carbons (Fsp3) is 0.882. The Balaban J connectivity index is 2.12. The van der Waals surface area contributed by atoms with Crippen LogP contribution in [0.5, 0.6) is 0 Å². The maximum absolute atomic E-state index is 12.8. The highest BCUT2D eigenvalue weighted by Gasteiger charge is 2.43. The fourth-order valence-corrected chi connectivity index (χ4v) is 3.76. The molecule has 0 aromatic carbocycles. The second kappa shape index (κ2) is 6.80. The molecule has 2 aliphatic rings. The molecule has 2 rings (SSSR count). The highest BCUT2D eigenvalue weighted by molar-refractivity contribution is 5.97. The zero-order valence-electron chi connectivity index (χ0n) is 13.9. The van der Waals surface area contributed by atoms with E-state index in [0.29, 0.717) is 0 Å². The smallest absolute Gasteiger partial charge is 0.246 e. The number of nitrogens with one attached hydrogen (secondary N) is 1. The van der Waals surface area contributed by atoms with Crippen LogP contribution in [0.25, 0.3) is 0 Å². The molecule has 4 heteroatoms. The molecule has 0 aromatic heterocycles. The largest absolute Gasteiger partial charge is 0.342 e. The van der Waals surface area contributed by atoms with Gasteiger partial charge in [-0.05, 0) is 44.4 Å². The number of nitrogens with zero attached hydrogens (tertiary/aromatic N) is 1. The van der Waals surface area contributed by atoms with Crippen LogP contribution in [-0.4, -0.2) is 34.8 Å². The highest BCUT2D eigenvalue weighted by atomic mass is 16.2. The van der Waals surface area contributed by atoms with E-state index in [-0.39, 0.29) is 35.9 Å². The third-order valence-corrected chi connectivity index (χ3v) is 5.61. The van der Waals surface area contributed by atoms with Crippen molar-refractivity contribution in [2.75, 3.05) is 0 Å². The molecule has 0 aromatic rings. The van der Waals surface area contributed by atoms with Gasteiger partial charge in [-0.15, -0.1) is 0 Å². The van der Waals surface area contributed by atoms with Gasteiger partial charge in [-0.25, -0.2) is 0 Å². The molecule has 120 valence electrons. The van der Waals surface area contributed by atoms with E-state index in [2.05, 4.69) is 19.2 Å². The first-order chi connectivity index (χ1) is 9.99. The van der Waals surface area contributed by atoms with E-state index in [1.807, 2.05) is 18.7 Å². The molecule has 2 amide bonds. The quantitative estimate of drug-likeness (QED) is 0.866. The minimum absolute atomic E-state index is 0.0116. The average molecular weight is 294 g/mol. The Kier molecular flexibility index (Phi) is 5.28. The molecule has 1 aliphatic carbocycles. The highest BCUT2D eigenvalue weighted by Crippen LogP contribution is 2.32. The summed E-state index contributed by atoms with van der Waals surface area (Å²) in [5.41, 5.74) is 0. The van der Waals surface area contributed by atoms with Crippen molar-refractivity contribution in [2.24, 2.45) is 11.8 Å². The van der Waals surface area contributed by atoms with Crippen LogP contribution in [0.1, 0.15) is 66.2 Å². The van der Waals surface area contributed by atoms with Crippen molar-refractivity contribution in [3.63, 3.8) is 0 Å². The van der Waals surface area contributed by atoms with Gasteiger partial charge in [0.2, 0.25) is 11.8 Å². The summed E-state index contributed by atoms with van der Waals surface area (Å²) in [4.78, 5) is 27.0. The summed E-state index contributed by atoms with van der Waals surface area (Å²) in [5.74, 6) is 1.15. The van der Waals surface area contributed by atoms with Crippen molar-refractivity contribution >= 4 is 11.8 Å². The molecule has 2 fully saturated rings. The lowest BCUT2D eigenvalue weighted by atomic mass is 9.82. The van der Waals surface area contributed by atoms with Gasteiger partial charge in [-0.3, -0.25) is 9.59 Å². The van der Waals surface area contributed by atoms with Gasteiger partial charge in [0.1, 0.15) is 12.1 Å². The van der Waals surface area contributed by atoms with Crippen LogP contribution in [0.3, 0.4) is 0 Å². The van der Waals surface area contributed by atoms with Crippen LogP contribution in [-0.2, 0) is 9.59 Å². The van der Waals surface area contributed by atoms with E-state index in [0.717, 1.165) is 25.2 Å². The van der Waals surface area contributed by atoms with Crippen molar-refractivity contribution in [1.82, 2.24) is 10.2 Å². The molecule has 21 heavy (non-hydrogen) atoms. The standard InChI is InChI=1S/C17H30N2O2/c1-5-11(3)15-17(21)19(12(4)16(20)18-15)14-9-7-13(6-2)8-10-14/h11-15H,5-10H2,1-4H3,(H,18,20). The van der Waals surface area contributed by atoms with Crippen molar-refractivity contribution < 1.29 is 9.59 Å². The Hall–Kier alpha value is -1.06. The van der Waals surface area contributed by atoms with E-state index < -0.39 is 0 Å². The van der Waals surface area contributed by atoms with Crippen molar-refractivity contribution in [3.8, 4) is 0 Å². The number of hydrogen-bond acceptors (Lipinski definition) is 2. The molecule has 3 unspecified atom stereocenters. The monoisotopic (exact) mass is 294 g/mol. The molecule has 1 N–H and O–H groups in total. The second-order valence-corrected chi connectivity index (χ2v) is 6.88. The molecule has 1 heterocycles. The third-order valence-electron chi connectivity index (χ3n) is 5.61. The van der Waals surface area contributed by atoms with Crippen LogP contribution < -0.4 is 5.32 Å². The van der Waals surface area contributed by atoms with E-state index in [9.17, 15) is 9.59 Å². The molecule has 4 nitrogen and oxygen atoms in total. The molecular weight excluding hydrogens is 264 g/mol. The first kappa shape index (κ1) is 16.3. The summed E-state index contributed by atoms with van der Waals surface area (Å²) < 4.78 is 0. The van der Waals surface area contributed by atoms with E-state index in [1.165, 1.54) is 19.3 Å². The number of carbonyl (C=O) groups is 2. The lowest BCUT2D eigenvalue weighted by Crippen LogP contribution is -2.66. The van der Waals surface area contributed by atoms with Gasteiger partial charge in [-0.2, -0.15) is 0 Å². The van der Waals surface area contributed by atoms with Crippen LogP contribution in [0.4, 0.5) is 0 Å². The number of rotatable bonds is 4. The predicted octanol–water partition coefficient (Wildman–Crippen LogP) is 2.72. The molecular formula is C17H30N2O2. The molecule has 0 radical (unpaired) electrons. The zero-order valence-corrected chi connectivity index (χ0v) is 13.9. The normalized spacial score (nSPS) is 35.5. The van der Waals surface area contributed by atoms with Crippen molar-refractivity contribution in [1.29, 1.82) is 0 Å². The van der Waals surface area contributed by atoms with Crippen molar-refractivity contribution in [2.45, 2.75) is 84.3 Å². The van der Waals surface area contributed by atoms with Gasteiger partial charge in [0.15, 0.2) is 0 Å². The summed E-state index contributed by atoms with van der Waals surface area (Å²) in [6.07, 6.45) is 6.61. The Morgan fingerprint density at radius 3 is 2.33 bits per heavy atom. The van der Waals surface area contributed by atoms with Gasteiger partial charge in [0, 0.05) is 6.04 Å². The molecule has 0 bridgehead atoms. The number of carbonyl (C=O) groups excluding carboxylic acids is 2. The fourth-order valence-electron chi connectivity index (χ4n) is 3.76. The third kappa shape index (κ3) is 3.24. The van der Waals surface area contributed by atoms with Crippen LogP contribution in [0.15, 0.2) is 0 Å². The van der Waals surface area contributed by atoms with Gasteiger partial charge in [0.05, 0.1) is 0 Å². The van der Waals surface area contributed by atoms with Crippen LogP contribution >= 0.6 is 0 Å². The Bertz CT molecular complexity index is 388. The molecule has 3 atom stereocenters. The van der Waals surface area contributed by atoms with E-state index in [4.69, 9.17) is 0 Å². The van der Waals surface area contributed by atoms with E-state index in [1.54, 1.807) is 0 Å². The molecule has 1 saturated carbocycles. The second-order valence-electron chi connectivity index (χ2n) is 6.88. The van der Waals surface area contributed by atoms with Gasteiger partial charge >= 0.3 is 0 Å². The molecule has 0 spiro atoms. The Labute approximate surface area is 128 Å². The summed E-state index contributed by atoms with van der Waals surface area (Å²) in [7, 11) is 0. The molecule has 1 saturated heterocycles. The predicted molar refractivity (Wildman–Crippen MR) is 83.7 cm³/mol. The first-order valence-corrected chi connectivity index (χ1v) is 8.62. The van der Waals surface area contributed by atoms with Gasteiger partial charge in [0.25, 0.3) is 0 Å². The Morgan fingerprint density at radius 2 is 1.81 bits per heavy atom. The minimum atomic E-state index is -0.331. The lowest BCUT2D eigenvalue weighted by Gasteiger charge is -2.45. The minimum Gasteiger partial charge on any atom is -0.342 e. The average Bonchev–Trinajstić information content (AvgIpc) is 2.51. The molecule has 1 aliphatic heterocycles. The van der Waals surface area contributed by atoms with Crippen molar-refractivity contribution in [3.05, 3.63) is 0 Å². The zero-order chi connectivity index (χ0) is 15.6. The topological polar surface area (TPSA) is 49.4 Å². The van der Waals surface area contributed by atoms with Gasteiger partial charge < -0.3 is 10.2 Å². The summed E-state index contributed by atoms with van der Waals surface area (Å²) in [6.45, 7) is 8.22. The van der Waals surface area contributed by atoms with Gasteiger partial charge in [-0.1, -0.05) is 33.6 Å². The maximum Gasteiger partial charge on any atom is 0.246 e. The van der Waals surface area contributed by atoms with Crippen LogP contribution in [0, 0.1) is 11.8 Å². The summed E-state index contributed by atoms with van der Waals surface area (Å²) >= 11 is 0. The maximum atomic E-state index is 12.8. The lowest BCUT2D eigenvalue weighted by molar-refractivity contribution is -0.153. The number of amides is 2. The SMILES string of the molecule is CCC1CCC(N2C(=O)C(C(C)CC)NC(=O)C2C)CC1. The number of piperazine rings is 1. The van der Waals surface area contributed by atoms with E-state index >= 15 is 0 Å².